The van der Waals surface area contributed by atoms with Crippen LogP contribution in [0.4, 0.5) is 0 Å². The number of hydrogen-bond acceptors (Lipinski definition) is 3. The Bertz CT molecular complexity index is 632. The molecule has 0 saturated carbocycles. The molecule has 1 N–H and O–H groups in total. The van der Waals surface area contributed by atoms with Gasteiger partial charge in [-0.25, -0.2) is 4.79 Å². The first-order valence-electron chi connectivity index (χ1n) is 4.65. The van der Waals surface area contributed by atoms with E-state index in [1.807, 2.05) is 0 Å². The van der Waals surface area contributed by atoms with E-state index in [0.29, 0.717) is 17.2 Å². The fraction of sp³-hybridized carbons (Fsp3) is 0.182. The zero-order valence-electron chi connectivity index (χ0n) is 8.85. The van der Waals surface area contributed by atoms with E-state index in [-0.39, 0.29) is 5.56 Å². The van der Waals surface area contributed by atoms with Crippen LogP contribution in [-0.2, 0) is 0 Å². The number of pyridine rings is 1. The summed E-state index contributed by atoms with van der Waals surface area (Å²) in [5.41, 5.74) is 1.24. The number of rotatable bonds is 1. The fourth-order valence-electron chi connectivity index (χ4n) is 1.51. The van der Waals surface area contributed by atoms with Crippen molar-refractivity contribution in [3.63, 3.8) is 0 Å². The van der Waals surface area contributed by atoms with Crippen molar-refractivity contribution in [3.8, 4) is 11.8 Å². The lowest BCUT2D eigenvalue weighted by molar-refractivity contribution is 0.0697. The van der Waals surface area contributed by atoms with Gasteiger partial charge in [-0.15, -0.1) is 10.2 Å². The van der Waals surface area contributed by atoms with Crippen LogP contribution in [0, 0.1) is 18.8 Å². The van der Waals surface area contributed by atoms with Crippen molar-refractivity contribution in [1.29, 1.82) is 0 Å². The Hall–Kier alpha value is -2.35. The molecular weight excluding hydrogens is 206 g/mol. The third-order valence-corrected chi connectivity index (χ3v) is 2.17. The summed E-state index contributed by atoms with van der Waals surface area (Å²) in [5.74, 6) is 5.27. The fourth-order valence-corrected chi connectivity index (χ4v) is 1.51. The first kappa shape index (κ1) is 10.2. The zero-order valence-corrected chi connectivity index (χ0v) is 8.85. The first-order valence-corrected chi connectivity index (χ1v) is 4.65. The molecule has 16 heavy (non-hydrogen) atoms. The molecule has 0 radical (unpaired) electrons. The second kappa shape index (κ2) is 3.66. The lowest BCUT2D eigenvalue weighted by Gasteiger charge is -2.01. The maximum absolute atomic E-state index is 10.9. The van der Waals surface area contributed by atoms with Crippen molar-refractivity contribution in [1.82, 2.24) is 14.6 Å². The normalized spacial score (nSPS) is 9.88. The highest BCUT2D eigenvalue weighted by atomic mass is 16.4. The Labute approximate surface area is 91.7 Å². The van der Waals surface area contributed by atoms with E-state index in [9.17, 15) is 4.79 Å². The monoisotopic (exact) mass is 215 g/mol. The third kappa shape index (κ3) is 1.50. The van der Waals surface area contributed by atoms with Crippen LogP contribution in [-0.4, -0.2) is 25.7 Å². The average Bonchev–Trinajstić information content (AvgIpc) is 2.61. The van der Waals surface area contributed by atoms with Gasteiger partial charge in [-0.1, -0.05) is 5.92 Å². The number of fused-ring (bicyclic) bond motifs is 1. The van der Waals surface area contributed by atoms with Crippen molar-refractivity contribution >= 4 is 11.6 Å². The van der Waals surface area contributed by atoms with Crippen LogP contribution in [0.25, 0.3) is 5.65 Å². The summed E-state index contributed by atoms with van der Waals surface area (Å²) < 4.78 is 1.73. The molecule has 0 spiro atoms. The number of aromatic nitrogens is 3. The van der Waals surface area contributed by atoms with E-state index in [4.69, 9.17) is 5.11 Å². The summed E-state index contributed by atoms with van der Waals surface area (Å²) in [4.78, 5) is 10.9. The molecule has 0 fully saturated rings. The Morgan fingerprint density at radius 2 is 2.19 bits per heavy atom. The first-order chi connectivity index (χ1) is 7.63. The van der Waals surface area contributed by atoms with E-state index in [1.54, 1.807) is 18.2 Å². The largest absolute Gasteiger partial charge is 0.478 e. The number of nitrogens with zero attached hydrogens (tertiary/aromatic N) is 3. The van der Waals surface area contributed by atoms with Crippen LogP contribution >= 0.6 is 0 Å². The molecule has 0 saturated heterocycles. The van der Waals surface area contributed by atoms with Gasteiger partial charge in [0.25, 0.3) is 0 Å². The van der Waals surface area contributed by atoms with Crippen LogP contribution in [0.1, 0.15) is 28.8 Å². The van der Waals surface area contributed by atoms with Gasteiger partial charge in [0.1, 0.15) is 11.5 Å². The molecule has 0 aliphatic carbocycles. The van der Waals surface area contributed by atoms with Gasteiger partial charge in [-0.05, 0) is 31.9 Å². The highest BCUT2D eigenvalue weighted by Crippen LogP contribution is 2.11. The molecule has 0 bridgehead atoms. The molecule has 80 valence electrons. The van der Waals surface area contributed by atoms with E-state index in [0.717, 1.165) is 0 Å². The van der Waals surface area contributed by atoms with Gasteiger partial charge in [-0.3, -0.25) is 4.40 Å². The van der Waals surface area contributed by atoms with Gasteiger partial charge >= 0.3 is 5.97 Å². The Balaban J connectivity index is 2.84. The molecule has 2 aromatic heterocycles. The number of carboxylic acid groups (broad SMARTS) is 1. The zero-order chi connectivity index (χ0) is 11.7. The van der Waals surface area contributed by atoms with Gasteiger partial charge in [0.15, 0.2) is 5.65 Å². The predicted molar refractivity (Wildman–Crippen MR) is 57.2 cm³/mol. The van der Waals surface area contributed by atoms with Crippen molar-refractivity contribution < 1.29 is 9.90 Å². The third-order valence-electron chi connectivity index (χ3n) is 2.17. The molecule has 5 heteroatoms. The van der Waals surface area contributed by atoms with Crippen LogP contribution in [0.15, 0.2) is 12.1 Å². The van der Waals surface area contributed by atoms with Gasteiger partial charge in [-0.2, -0.15) is 0 Å². The lowest BCUT2D eigenvalue weighted by Crippen LogP contribution is -2.02. The van der Waals surface area contributed by atoms with Crippen LogP contribution < -0.4 is 0 Å². The predicted octanol–water partition coefficient (Wildman–Crippen LogP) is 1.11. The van der Waals surface area contributed by atoms with E-state index in [1.165, 1.54) is 12.1 Å². The quantitative estimate of drug-likeness (QED) is 0.723. The van der Waals surface area contributed by atoms with Gasteiger partial charge in [0, 0.05) is 0 Å². The SMILES string of the molecule is CC#Cc1cc(C(=O)O)cc2nnc(C)n12. The second-order valence-electron chi connectivity index (χ2n) is 3.25. The van der Waals surface area contributed by atoms with Gasteiger partial charge < -0.3 is 5.11 Å². The van der Waals surface area contributed by atoms with E-state index < -0.39 is 5.97 Å². The molecule has 0 aliphatic rings. The van der Waals surface area contributed by atoms with Crippen molar-refractivity contribution in [2.75, 3.05) is 0 Å². The molecule has 5 nitrogen and oxygen atoms in total. The standard InChI is InChI=1S/C11H9N3O2/c1-3-4-9-5-8(11(15)16)6-10-13-12-7(2)14(9)10/h5-6H,1-2H3,(H,15,16). The highest BCUT2D eigenvalue weighted by Gasteiger charge is 2.10. The van der Waals surface area contributed by atoms with Gasteiger partial charge in [0.2, 0.25) is 0 Å². The Morgan fingerprint density at radius 1 is 1.44 bits per heavy atom. The minimum atomic E-state index is -0.998. The van der Waals surface area contributed by atoms with Crippen LogP contribution in [0.2, 0.25) is 0 Å². The smallest absolute Gasteiger partial charge is 0.335 e. The molecule has 2 rings (SSSR count). The number of carboxylic acids is 1. The van der Waals surface area contributed by atoms with Gasteiger partial charge in [0.05, 0.1) is 5.56 Å². The number of aromatic carboxylic acids is 1. The van der Waals surface area contributed by atoms with E-state index >= 15 is 0 Å². The van der Waals surface area contributed by atoms with Crippen molar-refractivity contribution in [3.05, 3.63) is 29.2 Å². The minimum Gasteiger partial charge on any atom is -0.478 e. The lowest BCUT2D eigenvalue weighted by atomic mass is 10.2. The molecule has 0 amide bonds. The summed E-state index contributed by atoms with van der Waals surface area (Å²) in [6.07, 6.45) is 0. The van der Waals surface area contributed by atoms with Crippen molar-refractivity contribution in [2.24, 2.45) is 0 Å². The number of hydrogen-bond donors (Lipinski definition) is 1. The topological polar surface area (TPSA) is 67.5 Å². The minimum absolute atomic E-state index is 0.164. The molecule has 2 aromatic rings. The molecular formula is C11H9N3O2. The van der Waals surface area contributed by atoms with Crippen molar-refractivity contribution in [2.45, 2.75) is 13.8 Å². The summed E-state index contributed by atoms with van der Waals surface area (Å²) in [6, 6.07) is 2.99. The maximum Gasteiger partial charge on any atom is 0.335 e. The molecule has 0 unspecified atom stereocenters. The Morgan fingerprint density at radius 3 is 2.81 bits per heavy atom. The summed E-state index contributed by atoms with van der Waals surface area (Å²) in [6.45, 7) is 3.49. The Kier molecular flexibility index (Phi) is 2.33. The highest BCUT2D eigenvalue weighted by molar-refractivity contribution is 5.89. The van der Waals surface area contributed by atoms with Crippen LogP contribution in [0.5, 0.6) is 0 Å². The molecule has 0 aliphatic heterocycles. The number of aryl methyl sites for hydroxylation is 1. The number of carbonyl (C=O) groups is 1. The summed E-state index contributed by atoms with van der Waals surface area (Å²) in [7, 11) is 0. The molecule has 2 heterocycles. The average molecular weight is 215 g/mol. The molecule has 0 atom stereocenters. The second-order valence-corrected chi connectivity index (χ2v) is 3.25. The maximum atomic E-state index is 10.9. The summed E-state index contributed by atoms with van der Waals surface area (Å²) >= 11 is 0. The van der Waals surface area contributed by atoms with E-state index in [2.05, 4.69) is 22.0 Å². The summed E-state index contributed by atoms with van der Waals surface area (Å²) in [5, 5.41) is 16.7. The van der Waals surface area contributed by atoms with Crippen LogP contribution in [0.3, 0.4) is 0 Å². The molecule has 0 aromatic carbocycles.